The van der Waals surface area contributed by atoms with Crippen LogP contribution in [0.15, 0.2) is 42.5 Å². The van der Waals surface area contributed by atoms with Gasteiger partial charge in [0.25, 0.3) is 5.91 Å². The van der Waals surface area contributed by atoms with Crippen LogP contribution in [0, 0.1) is 12.7 Å². The molecule has 0 aromatic heterocycles. The van der Waals surface area contributed by atoms with Crippen molar-refractivity contribution in [2.45, 2.75) is 6.92 Å². The van der Waals surface area contributed by atoms with Gasteiger partial charge in [-0.15, -0.1) is 0 Å². The van der Waals surface area contributed by atoms with E-state index in [0.29, 0.717) is 23.9 Å². The van der Waals surface area contributed by atoms with E-state index in [0.717, 1.165) is 18.8 Å². The van der Waals surface area contributed by atoms with E-state index >= 15 is 0 Å². The fraction of sp³-hybridized carbons (Fsp3) is 0.316. The standard InChI is InChI=1S/C19H20ClFN2O2/c1-14-2-3-15(20)12-18(14)22-8-10-23(11-9-22)19(24)13-25-17-6-4-16(21)5-7-17/h2-7,12H,8-11,13H2,1H3. The Bertz CT molecular complexity index is 744. The molecular weight excluding hydrogens is 343 g/mol. The molecule has 1 saturated heterocycles. The van der Waals surface area contributed by atoms with Crippen molar-refractivity contribution in [1.29, 1.82) is 0 Å². The summed E-state index contributed by atoms with van der Waals surface area (Å²) in [6.07, 6.45) is 0. The van der Waals surface area contributed by atoms with Crippen LogP contribution in [0.2, 0.25) is 5.02 Å². The zero-order valence-electron chi connectivity index (χ0n) is 14.0. The van der Waals surface area contributed by atoms with Crippen molar-refractivity contribution in [2.75, 3.05) is 37.7 Å². The smallest absolute Gasteiger partial charge is 0.260 e. The van der Waals surface area contributed by atoms with Gasteiger partial charge in [0.15, 0.2) is 6.61 Å². The van der Waals surface area contributed by atoms with E-state index in [1.165, 1.54) is 29.8 Å². The Labute approximate surface area is 151 Å². The highest BCUT2D eigenvalue weighted by atomic mass is 35.5. The summed E-state index contributed by atoms with van der Waals surface area (Å²) in [7, 11) is 0. The van der Waals surface area contributed by atoms with Crippen LogP contribution in [-0.2, 0) is 4.79 Å². The van der Waals surface area contributed by atoms with E-state index in [9.17, 15) is 9.18 Å². The summed E-state index contributed by atoms with van der Waals surface area (Å²) in [6.45, 7) is 4.80. The summed E-state index contributed by atoms with van der Waals surface area (Å²) in [6, 6.07) is 11.5. The highest BCUT2D eigenvalue weighted by Crippen LogP contribution is 2.25. The van der Waals surface area contributed by atoms with E-state index in [-0.39, 0.29) is 18.3 Å². The van der Waals surface area contributed by atoms with Crippen LogP contribution in [-0.4, -0.2) is 43.6 Å². The third-order valence-electron chi connectivity index (χ3n) is 4.32. The average molecular weight is 363 g/mol. The van der Waals surface area contributed by atoms with Gasteiger partial charge in [-0.25, -0.2) is 4.39 Å². The first-order valence-corrected chi connectivity index (χ1v) is 8.58. The van der Waals surface area contributed by atoms with Gasteiger partial charge in [-0.1, -0.05) is 17.7 Å². The van der Waals surface area contributed by atoms with Crippen LogP contribution in [0.25, 0.3) is 0 Å². The molecule has 0 unspecified atom stereocenters. The molecule has 0 spiro atoms. The number of carbonyl (C=O) groups is 1. The summed E-state index contributed by atoms with van der Waals surface area (Å²) in [5.74, 6) is 0.0980. The molecule has 0 N–H and O–H groups in total. The van der Waals surface area contributed by atoms with Crippen molar-refractivity contribution in [3.05, 3.63) is 58.9 Å². The van der Waals surface area contributed by atoms with E-state index in [2.05, 4.69) is 11.8 Å². The van der Waals surface area contributed by atoms with Crippen molar-refractivity contribution < 1.29 is 13.9 Å². The number of amides is 1. The van der Waals surface area contributed by atoms with E-state index in [1.807, 2.05) is 18.2 Å². The molecule has 0 saturated carbocycles. The minimum absolute atomic E-state index is 0.0399. The molecule has 132 valence electrons. The molecule has 1 aliphatic heterocycles. The molecule has 0 bridgehead atoms. The predicted molar refractivity (Wildman–Crippen MR) is 96.9 cm³/mol. The lowest BCUT2D eigenvalue weighted by molar-refractivity contribution is -0.133. The zero-order chi connectivity index (χ0) is 17.8. The Morgan fingerprint density at radius 1 is 1.12 bits per heavy atom. The Kier molecular flexibility index (Phi) is 5.43. The van der Waals surface area contributed by atoms with Gasteiger partial charge in [0.1, 0.15) is 11.6 Å². The molecule has 3 rings (SSSR count). The quantitative estimate of drug-likeness (QED) is 0.834. The maximum absolute atomic E-state index is 12.9. The molecule has 2 aromatic carbocycles. The van der Waals surface area contributed by atoms with Crippen molar-refractivity contribution in [3.8, 4) is 5.75 Å². The van der Waals surface area contributed by atoms with Gasteiger partial charge in [0.2, 0.25) is 0 Å². The molecule has 2 aromatic rings. The molecule has 0 atom stereocenters. The largest absolute Gasteiger partial charge is 0.484 e. The van der Waals surface area contributed by atoms with Crippen LogP contribution in [0.5, 0.6) is 5.75 Å². The molecule has 1 aliphatic rings. The summed E-state index contributed by atoms with van der Waals surface area (Å²) in [5, 5.41) is 0.715. The maximum Gasteiger partial charge on any atom is 0.260 e. The molecule has 1 heterocycles. The number of hydrogen-bond acceptors (Lipinski definition) is 3. The lowest BCUT2D eigenvalue weighted by atomic mass is 10.1. The van der Waals surface area contributed by atoms with Crippen LogP contribution in [0.3, 0.4) is 0 Å². The summed E-state index contributed by atoms with van der Waals surface area (Å²) in [4.78, 5) is 16.3. The number of halogens is 2. The third-order valence-corrected chi connectivity index (χ3v) is 4.56. The van der Waals surface area contributed by atoms with E-state index in [1.54, 1.807) is 4.90 Å². The summed E-state index contributed by atoms with van der Waals surface area (Å²) < 4.78 is 18.3. The monoisotopic (exact) mass is 362 g/mol. The molecule has 25 heavy (non-hydrogen) atoms. The van der Waals surface area contributed by atoms with Gasteiger partial charge in [0, 0.05) is 36.9 Å². The maximum atomic E-state index is 12.9. The number of benzene rings is 2. The fourth-order valence-corrected chi connectivity index (χ4v) is 3.05. The predicted octanol–water partition coefficient (Wildman–Crippen LogP) is 3.52. The molecule has 1 fully saturated rings. The number of hydrogen-bond donors (Lipinski definition) is 0. The van der Waals surface area contributed by atoms with E-state index in [4.69, 9.17) is 16.3 Å². The summed E-state index contributed by atoms with van der Waals surface area (Å²) >= 11 is 6.09. The van der Waals surface area contributed by atoms with Crippen molar-refractivity contribution in [1.82, 2.24) is 4.90 Å². The normalized spacial score (nSPS) is 14.5. The SMILES string of the molecule is Cc1ccc(Cl)cc1N1CCN(C(=O)COc2ccc(F)cc2)CC1. The number of aryl methyl sites for hydroxylation is 1. The molecule has 6 heteroatoms. The second-order valence-electron chi connectivity index (χ2n) is 6.04. The Morgan fingerprint density at radius 3 is 2.48 bits per heavy atom. The van der Waals surface area contributed by atoms with Crippen molar-refractivity contribution in [2.24, 2.45) is 0 Å². The highest BCUT2D eigenvalue weighted by Gasteiger charge is 2.22. The lowest BCUT2D eigenvalue weighted by Crippen LogP contribution is -2.50. The summed E-state index contributed by atoms with van der Waals surface area (Å²) in [5.41, 5.74) is 2.28. The first kappa shape index (κ1) is 17.5. The minimum Gasteiger partial charge on any atom is -0.484 e. The Balaban J connectivity index is 1.52. The number of anilines is 1. The Morgan fingerprint density at radius 2 is 1.80 bits per heavy atom. The molecule has 1 amide bonds. The van der Waals surface area contributed by atoms with Crippen molar-refractivity contribution in [3.63, 3.8) is 0 Å². The van der Waals surface area contributed by atoms with Crippen LogP contribution < -0.4 is 9.64 Å². The first-order valence-electron chi connectivity index (χ1n) is 8.20. The van der Waals surface area contributed by atoms with Gasteiger partial charge in [-0.3, -0.25) is 4.79 Å². The van der Waals surface area contributed by atoms with Crippen molar-refractivity contribution >= 4 is 23.2 Å². The molecule has 0 radical (unpaired) electrons. The second kappa shape index (κ2) is 7.74. The topological polar surface area (TPSA) is 32.8 Å². The lowest BCUT2D eigenvalue weighted by Gasteiger charge is -2.36. The van der Waals surface area contributed by atoms with Crippen LogP contribution in [0.1, 0.15) is 5.56 Å². The fourth-order valence-electron chi connectivity index (χ4n) is 2.89. The number of piperazine rings is 1. The molecule has 0 aliphatic carbocycles. The van der Waals surface area contributed by atoms with Gasteiger partial charge in [-0.05, 0) is 48.9 Å². The zero-order valence-corrected chi connectivity index (χ0v) is 14.8. The number of rotatable bonds is 4. The third kappa shape index (κ3) is 4.42. The first-order chi connectivity index (χ1) is 12.0. The van der Waals surface area contributed by atoms with Gasteiger partial charge in [-0.2, -0.15) is 0 Å². The van der Waals surface area contributed by atoms with Crippen LogP contribution >= 0.6 is 11.6 Å². The number of nitrogens with zero attached hydrogens (tertiary/aromatic N) is 2. The highest BCUT2D eigenvalue weighted by molar-refractivity contribution is 6.30. The van der Waals surface area contributed by atoms with Gasteiger partial charge in [0.05, 0.1) is 0 Å². The van der Waals surface area contributed by atoms with E-state index < -0.39 is 0 Å². The Hall–Kier alpha value is -2.27. The molecule has 4 nitrogen and oxygen atoms in total. The van der Waals surface area contributed by atoms with Crippen LogP contribution in [0.4, 0.5) is 10.1 Å². The number of carbonyl (C=O) groups excluding carboxylic acids is 1. The van der Waals surface area contributed by atoms with Gasteiger partial charge >= 0.3 is 0 Å². The average Bonchev–Trinajstić information content (AvgIpc) is 2.63. The second-order valence-corrected chi connectivity index (χ2v) is 6.48. The van der Waals surface area contributed by atoms with Gasteiger partial charge < -0.3 is 14.5 Å². The molecular formula is C19H20ClFN2O2. The minimum atomic E-state index is -0.328. The number of ether oxygens (including phenoxy) is 1.